The average molecular weight is 401 g/mol. The quantitative estimate of drug-likeness (QED) is 0.705. The molecule has 0 amide bonds. The number of phenolic OH excluding ortho intramolecular Hbond substituents is 1. The van der Waals surface area contributed by atoms with Crippen molar-refractivity contribution in [1.29, 1.82) is 0 Å². The van der Waals surface area contributed by atoms with E-state index >= 15 is 0 Å². The number of phenols is 1. The molecule has 0 bridgehead atoms. The standard InChI is InChI=1S/C23H20FN5O/c24-20-9-11-26-14-19(20)15-3-1-4-17(13-15)23(16-5-7-18(30)8-6-16)21-27-10-2-12-29(21)22(25)28-23/h1,3-9,11,13-14,30H,2,10,12H2,(H2,25,28). The van der Waals surface area contributed by atoms with E-state index in [1.807, 2.05) is 41.3 Å². The number of nitrogens with two attached hydrogens (primary N) is 1. The molecule has 0 spiro atoms. The van der Waals surface area contributed by atoms with Crippen molar-refractivity contribution in [3.8, 4) is 16.9 Å². The number of fused-ring (bicyclic) bond motifs is 1. The summed E-state index contributed by atoms with van der Waals surface area (Å²) in [4.78, 5) is 15.7. The number of amidine groups is 1. The topological polar surface area (TPSA) is 87.1 Å². The molecular formula is C23H20FN5O. The summed E-state index contributed by atoms with van der Waals surface area (Å²) in [6.45, 7) is 1.43. The molecule has 0 aliphatic carbocycles. The molecule has 3 N–H and O–H groups in total. The van der Waals surface area contributed by atoms with E-state index in [1.165, 1.54) is 18.5 Å². The highest BCUT2D eigenvalue weighted by atomic mass is 19.1. The van der Waals surface area contributed by atoms with Gasteiger partial charge < -0.3 is 10.8 Å². The molecule has 2 aromatic carbocycles. The van der Waals surface area contributed by atoms with Crippen molar-refractivity contribution in [3.63, 3.8) is 0 Å². The Kier molecular flexibility index (Phi) is 4.24. The van der Waals surface area contributed by atoms with Crippen molar-refractivity contribution in [3.05, 3.63) is 83.9 Å². The fourth-order valence-corrected chi connectivity index (χ4v) is 4.18. The Hall–Kier alpha value is -3.74. The van der Waals surface area contributed by atoms with E-state index in [0.29, 0.717) is 23.6 Å². The Labute approximate surface area is 173 Å². The van der Waals surface area contributed by atoms with Crippen LogP contribution in [0.1, 0.15) is 17.5 Å². The lowest BCUT2D eigenvalue weighted by Gasteiger charge is -2.33. The molecule has 0 saturated carbocycles. The van der Waals surface area contributed by atoms with Gasteiger partial charge in [-0.15, -0.1) is 0 Å². The summed E-state index contributed by atoms with van der Waals surface area (Å²) in [5, 5.41) is 9.81. The van der Waals surface area contributed by atoms with E-state index < -0.39 is 5.54 Å². The highest BCUT2D eigenvalue weighted by Crippen LogP contribution is 2.42. The Morgan fingerprint density at radius 1 is 1.07 bits per heavy atom. The van der Waals surface area contributed by atoms with Gasteiger partial charge in [-0.1, -0.05) is 30.3 Å². The molecule has 2 aliphatic rings. The molecule has 1 aromatic heterocycles. The summed E-state index contributed by atoms with van der Waals surface area (Å²) >= 11 is 0. The number of nitrogens with zero attached hydrogens (tertiary/aromatic N) is 4. The summed E-state index contributed by atoms with van der Waals surface area (Å²) in [7, 11) is 0. The third-order valence-corrected chi connectivity index (χ3v) is 5.58. The van der Waals surface area contributed by atoms with Gasteiger partial charge in [0.05, 0.1) is 0 Å². The highest BCUT2D eigenvalue weighted by molar-refractivity contribution is 6.12. The monoisotopic (exact) mass is 401 g/mol. The van der Waals surface area contributed by atoms with Crippen molar-refractivity contribution in [2.45, 2.75) is 12.0 Å². The van der Waals surface area contributed by atoms with Crippen molar-refractivity contribution in [2.24, 2.45) is 15.7 Å². The molecule has 1 unspecified atom stereocenters. The lowest BCUT2D eigenvalue weighted by molar-refractivity contribution is 0.474. The van der Waals surface area contributed by atoms with Crippen LogP contribution in [0.5, 0.6) is 5.75 Å². The van der Waals surface area contributed by atoms with Crippen LogP contribution in [-0.2, 0) is 5.54 Å². The second-order valence-electron chi connectivity index (χ2n) is 7.37. The van der Waals surface area contributed by atoms with E-state index in [9.17, 15) is 9.50 Å². The average Bonchev–Trinajstić information content (AvgIpc) is 3.08. The molecular weight excluding hydrogens is 381 g/mol. The number of rotatable bonds is 3. The van der Waals surface area contributed by atoms with E-state index in [0.717, 1.165) is 29.9 Å². The van der Waals surface area contributed by atoms with E-state index in [1.54, 1.807) is 12.1 Å². The van der Waals surface area contributed by atoms with Gasteiger partial charge in [0.1, 0.15) is 17.4 Å². The van der Waals surface area contributed by atoms with Crippen LogP contribution >= 0.6 is 0 Å². The van der Waals surface area contributed by atoms with Gasteiger partial charge >= 0.3 is 0 Å². The second kappa shape index (κ2) is 6.95. The van der Waals surface area contributed by atoms with Gasteiger partial charge in [-0.25, -0.2) is 9.38 Å². The lowest BCUT2D eigenvalue weighted by Crippen LogP contribution is -2.46. The molecule has 2 aliphatic heterocycles. The molecule has 30 heavy (non-hydrogen) atoms. The largest absolute Gasteiger partial charge is 0.508 e. The van der Waals surface area contributed by atoms with Crippen LogP contribution in [-0.4, -0.2) is 39.9 Å². The first-order valence-electron chi connectivity index (χ1n) is 9.77. The molecule has 6 nitrogen and oxygen atoms in total. The van der Waals surface area contributed by atoms with Gasteiger partial charge in [0.25, 0.3) is 0 Å². The number of benzene rings is 2. The first-order chi connectivity index (χ1) is 14.6. The van der Waals surface area contributed by atoms with Gasteiger partial charge in [-0.05, 0) is 47.4 Å². The highest BCUT2D eigenvalue weighted by Gasteiger charge is 2.49. The minimum atomic E-state index is -0.965. The van der Waals surface area contributed by atoms with Crippen molar-refractivity contribution in [1.82, 2.24) is 9.88 Å². The zero-order chi connectivity index (χ0) is 20.7. The first kappa shape index (κ1) is 18.3. The van der Waals surface area contributed by atoms with Crippen molar-refractivity contribution in [2.75, 3.05) is 13.1 Å². The smallest absolute Gasteiger partial charge is 0.198 e. The van der Waals surface area contributed by atoms with E-state index in [2.05, 4.69) is 4.98 Å². The fourth-order valence-electron chi connectivity index (χ4n) is 4.18. The number of hydrogen-bond acceptors (Lipinski definition) is 6. The maximum absolute atomic E-state index is 14.4. The Morgan fingerprint density at radius 3 is 2.70 bits per heavy atom. The molecule has 0 radical (unpaired) electrons. The number of aromatic hydroxyl groups is 1. The summed E-state index contributed by atoms with van der Waals surface area (Å²) in [6, 6.07) is 15.8. The van der Waals surface area contributed by atoms with Crippen LogP contribution in [0.3, 0.4) is 0 Å². The summed E-state index contributed by atoms with van der Waals surface area (Å²) in [6.07, 6.45) is 3.84. The van der Waals surface area contributed by atoms with E-state index in [-0.39, 0.29) is 11.6 Å². The number of guanidine groups is 1. The molecule has 0 fully saturated rings. The molecule has 1 atom stereocenters. The molecule has 3 heterocycles. The normalized spacial score (nSPS) is 20.5. The van der Waals surface area contributed by atoms with Crippen LogP contribution in [0, 0.1) is 5.82 Å². The van der Waals surface area contributed by atoms with Crippen LogP contribution < -0.4 is 5.73 Å². The zero-order valence-electron chi connectivity index (χ0n) is 16.2. The van der Waals surface area contributed by atoms with Gasteiger partial charge in [0.15, 0.2) is 11.5 Å². The molecule has 150 valence electrons. The van der Waals surface area contributed by atoms with Crippen molar-refractivity contribution < 1.29 is 9.50 Å². The number of hydrogen-bond donors (Lipinski definition) is 2. The maximum atomic E-state index is 14.4. The van der Waals surface area contributed by atoms with Gasteiger partial charge in [-0.3, -0.25) is 14.9 Å². The first-order valence-corrected chi connectivity index (χ1v) is 9.77. The Balaban J connectivity index is 1.75. The van der Waals surface area contributed by atoms with Crippen LogP contribution in [0.25, 0.3) is 11.1 Å². The SMILES string of the molecule is NC1=NC(c2ccc(O)cc2)(c2cccc(-c3cnccc3F)c2)C2=NCCCN12. The van der Waals surface area contributed by atoms with E-state index in [4.69, 9.17) is 15.7 Å². The number of aromatic nitrogens is 1. The number of pyridine rings is 1. The molecule has 7 heteroatoms. The Bertz CT molecular complexity index is 1170. The number of halogens is 1. The zero-order valence-corrected chi connectivity index (χ0v) is 16.2. The van der Waals surface area contributed by atoms with Gasteiger partial charge in [0, 0.05) is 31.0 Å². The third-order valence-electron chi connectivity index (χ3n) is 5.58. The second-order valence-corrected chi connectivity index (χ2v) is 7.37. The summed E-state index contributed by atoms with van der Waals surface area (Å²) < 4.78 is 14.4. The van der Waals surface area contributed by atoms with Crippen LogP contribution in [0.2, 0.25) is 0 Å². The predicted octanol–water partition coefficient (Wildman–Crippen LogP) is 3.27. The molecule has 3 aromatic rings. The lowest BCUT2D eigenvalue weighted by atomic mass is 9.81. The molecule has 5 rings (SSSR count). The molecule has 0 saturated heterocycles. The minimum absolute atomic E-state index is 0.164. The van der Waals surface area contributed by atoms with Crippen molar-refractivity contribution >= 4 is 11.8 Å². The summed E-state index contributed by atoms with van der Waals surface area (Å²) in [5.41, 5.74) is 8.11. The third kappa shape index (κ3) is 2.74. The fraction of sp³-hybridized carbons (Fsp3) is 0.174. The van der Waals surface area contributed by atoms with Gasteiger partial charge in [-0.2, -0.15) is 0 Å². The van der Waals surface area contributed by atoms with Gasteiger partial charge in [0.2, 0.25) is 0 Å². The number of aliphatic imine (C=N–C) groups is 2. The van der Waals surface area contributed by atoms with Crippen LogP contribution in [0.4, 0.5) is 4.39 Å². The Morgan fingerprint density at radius 2 is 1.90 bits per heavy atom. The minimum Gasteiger partial charge on any atom is -0.508 e. The van der Waals surface area contributed by atoms with Crippen LogP contribution in [0.15, 0.2) is 77.0 Å². The maximum Gasteiger partial charge on any atom is 0.198 e. The summed E-state index contributed by atoms with van der Waals surface area (Å²) in [5.74, 6) is 0.976. The predicted molar refractivity (Wildman–Crippen MR) is 114 cm³/mol.